The van der Waals surface area contributed by atoms with E-state index in [0.29, 0.717) is 12.6 Å². The summed E-state index contributed by atoms with van der Waals surface area (Å²) in [6, 6.07) is 0.401. The maximum atomic E-state index is 11.7. The van der Waals surface area contributed by atoms with Crippen molar-refractivity contribution in [1.82, 2.24) is 10.2 Å². The van der Waals surface area contributed by atoms with Crippen molar-refractivity contribution in [3.8, 4) is 0 Å². The van der Waals surface area contributed by atoms with E-state index < -0.39 is 0 Å². The summed E-state index contributed by atoms with van der Waals surface area (Å²) in [5.41, 5.74) is 0. The number of nitrogens with zero attached hydrogens (tertiary/aromatic N) is 1. The summed E-state index contributed by atoms with van der Waals surface area (Å²) in [6.45, 7) is 7.65. The average molecular weight is 251 g/mol. The fourth-order valence-electron chi connectivity index (χ4n) is 1.66. The van der Waals surface area contributed by atoms with Crippen molar-refractivity contribution < 1.29 is 9.53 Å². The topological polar surface area (TPSA) is 41.6 Å². The molecule has 5 heteroatoms. The van der Waals surface area contributed by atoms with Crippen LogP contribution in [0.25, 0.3) is 0 Å². The molecular formula is C11H23ClN2O2. The molecule has 1 rings (SSSR count). The first-order chi connectivity index (χ1) is 7.24. The Morgan fingerprint density at radius 3 is 2.94 bits per heavy atom. The lowest BCUT2D eigenvalue weighted by atomic mass is 10.2. The van der Waals surface area contributed by atoms with Crippen LogP contribution in [0.5, 0.6) is 0 Å². The van der Waals surface area contributed by atoms with Crippen molar-refractivity contribution in [1.29, 1.82) is 0 Å². The third kappa shape index (κ3) is 5.68. The number of hydrogen-bond acceptors (Lipinski definition) is 3. The molecule has 1 fully saturated rings. The van der Waals surface area contributed by atoms with Crippen molar-refractivity contribution in [3.05, 3.63) is 0 Å². The van der Waals surface area contributed by atoms with Gasteiger partial charge < -0.3 is 15.0 Å². The zero-order chi connectivity index (χ0) is 11.1. The van der Waals surface area contributed by atoms with Crippen molar-refractivity contribution >= 4 is 18.3 Å². The molecule has 1 saturated heterocycles. The van der Waals surface area contributed by atoms with Gasteiger partial charge >= 0.3 is 0 Å². The average Bonchev–Trinajstić information content (AvgIpc) is 2.24. The van der Waals surface area contributed by atoms with E-state index in [1.165, 1.54) is 0 Å². The Bertz CT molecular complexity index is 202. The number of hydrogen-bond donors (Lipinski definition) is 1. The van der Waals surface area contributed by atoms with Crippen LogP contribution in [0.1, 0.15) is 26.7 Å². The Hall–Kier alpha value is -0.320. The summed E-state index contributed by atoms with van der Waals surface area (Å²) in [5.74, 6) is 0.124. The van der Waals surface area contributed by atoms with Crippen molar-refractivity contribution in [3.63, 3.8) is 0 Å². The molecule has 4 nitrogen and oxygen atoms in total. The summed E-state index contributed by atoms with van der Waals surface area (Å²) in [7, 11) is 0. The van der Waals surface area contributed by atoms with Crippen LogP contribution in [0.15, 0.2) is 0 Å². The van der Waals surface area contributed by atoms with Gasteiger partial charge in [-0.2, -0.15) is 0 Å². The van der Waals surface area contributed by atoms with Gasteiger partial charge in [0.15, 0.2) is 0 Å². The summed E-state index contributed by atoms with van der Waals surface area (Å²) in [4.78, 5) is 13.6. The minimum absolute atomic E-state index is 0. The van der Waals surface area contributed by atoms with Crippen LogP contribution in [0, 0.1) is 0 Å². The smallest absolute Gasteiger partial charge is 0.248 e. The molecule has 96 valence electrons. The van der Waals surface area contributed by atoms with Gasteiger partial charge in [0.25, 0.3) is 0 Å². The van der Waals surface area contributed by atoms with E-state index >= 15 is 0 Å². The molecule has 0 aromatic rings. The number of rotatable bonds is 5. The molecule has 0 bridgehead atoms. The molecule has 1 aliphatic heterocycles. The fraction of sp³-hybridized carbons (Fsp3) is 0.909. The lowest BCUT2D eigenvalue weighted by molar-refractivity contribution is -0.137. The maximum absolute atomic E-state index is 11.7. The van der Waals surface area contributed by atoms with E-state index in [2.05, 4.69) is 19.2 Å². The predicted octanol–water partition coefficient (Wildman–Crippen LogP) is 1.05. The van der Waals surface area contributed by atoms with E-state index in [9.17, 15) is 4.79 Å². The van der Waals surface area contributed by atoms with E-state index in [-0.39, 0.29) is 24.9 Å². The molecule has 1 N–H and O–H groups in total. The van der Waals surface area contributed by atoms with Crippen LogP contribution in [0.4, 0.5) is 0 Å². The first-order valence-corrected chi connectivity index (χ1v) is 5.83. The lowest BCUT2D eigenvalue weighted by Crippen LogP contribution is -2.52. The van der Waals surface area contributed by atoms with Crippen LogP contribution < -0.4 is 5.32 Å². The van der Waals surface area contributed by atoms with Gasteiger partial charge in [0.05, 0.1) is 0 Å². The molecule has 1 atom stereocenters. The number of halogens is 1. The Labute approximate surface area is 104 Å². The molecule has 1 heterocycles. The highest BCUT2D eigenvalue weighted by Gasteiger charge is 2.19. The van der Waals surface area contributed by atoms with Gasteiger partial charge in [0.2, 0.25) is 5.91 Å². The molecule has 0 saturated carbocycles. The number of piperazine rings is 1. The largest absolute Gasteiger partial charge is 0.372 e. The number of carbonyl (C=O) groups excluding carboxylic acids is 1. The summed E-state index contributed by atoms with van der Waals surface area (Å²) >= 11 is 0. The van der Waals surface area contributed by atoms with Crippen molar-refractivity contribution in [2.75, 3.05) is 32.8 Å². The van der Waals surface area contributed by atoms with Crippen LogP contribution in [0.2, 0.25) is 0 Å². The molecule has 0 aliphatic carbocycles. The molecule has 0 aromatic carbocycles. The monoisotopic (exact) mass is 250 g/mol. The van der Waals surface area contributed by atoms with Crippen LogP contribution in [-0.2, 0) is 9.53 Å². The highest BCUT2D eigenvalue weighted by molar-refractivity contribution is 5.85. The zero-order valence-corrected chi connectivity index (χ0v) is 11.0. The minimum atomic E-state index is 0. The molecular weight excluding hydrogens is 228 g/mol. The van der Waals surface area contributed by atoms with E-state index in [1.54, 1.807) is 0 Å². The Balaban J connectivity index is 0.00000225. The minimum Gasteiger partial charge on any atom is -0.372 e. The number of carbonyl (C=O) groups is 1. The predicted molar refractivity (Wildman–Crippen MR) is 67.0 cm³/mol. The number of amides is 1. The molecule has 16 heavy (non-hydrogen) atoms. The van der Waals surface area contributed by atoms with Gasteiger partial charge in [-0.25, -0.2) is 0 Å². The second kappa shape index (κ2) is 8.79. The SMILES string of the molecule is CCCCOCC(=O)N1CCNC(C)C1.Cl. The molecule has 1 unspecified atom stereocenters. The first kappa shape index (κ1) is 15.7. The molecule has 1 aliphatic rings. The lowest BCUT2D eigenvalue weighted by Gasteiger charge is -2.31. The summed E-state index contributed by atoms with van der Waals surface area (Å²) < 4.78 is 5.31. The van der Waals surface area contributed by atoms with Gasteiger partial charge in [-0.05, 0) is 13.3 Å². The molecule has 0 spiro atoms. The molecule has 0 aromatic heterocycles. The Kier molecular flexibility index (Phi) is 8.61. The van der Waals surface area contributed by atoms with E-state index in [4.69, 9.17) is 4.74 Å². The first-order valence-electron chi connectivity index (χ1n) is 5.83. The van der Waals surface area contributed by atoms with E-state index in [1.807, 2.05) is 4.90 Å². The van der Waals surface area contributed by atoms with Crippen LogP contribution in [-0.4, -0.2) is 49.7 Å². The van der Waals surface area contributed by atoms with Crippen molar-refractivity contribution in [2.24, 2.45) is 0 Å². The normalized spacial score (nSPS) is 20.4. The third-order valence-electron chi connectivity index (χ3n) is 2.59. The van der Waals surface area contributed by atoms with Gasteiger partial charge in [0, 0.05) is 32.3 Å². The van der Waals surface area contributed by atoms with Gasteiger partial charge in [0.1, 0.15) is 6.61 Å². The standard InChI is InChI=1S/C11H22N2O2.ClH/c1-3-4-7-15-9-11(14)13-6-5-12-10(2)8-13;/h10,12H,3-9H2,1-2H3;1H. The Morgan fingerprint density at radius 1 is 1.56 bits per heavy atom. The van der Waals surface area contributed by atoms with Crippen LogP contribution in [0.3, 0.4) is 0 Å². The van der Waals surface area contributed by atoms with Crippen LogP contribution >= 0.6 is 12.4 Å². The molecule has 0 radical (unpaired) electrons. The number of unbranched alkanes of at least 4 members (excludes halogenated alkanes) is 1. The Morgan fingerprint density at radius 2 is 2.31 bits per heavy atom. The quantitative estimate of drug-likeness (QED) is 0.742. The maximum Gasteiger partial charge on any atom is 0.248 e. The van der Waals surface area contributed by atoms with Gasteiger partial charge in [-0.3, -0.25) is 4.79 Å². The highest BCUT2D eigenvalue weighted by Crippen LogP contribution is 1.99. The fourth-order valence-corrected chi connectivity index (χ4v) is 1.66. The third-order valence-corrected chi connectivity index (χ3v) is 2.59. The second-order valence-electron chi connectivity index (χ2n) is 4.10. The van der Waals surface area contributed by atoms with Gasteiger partial charge in [-0.15, -0.1) is 12.4 Å². The summed E-state index contributed by atoms with van der Waals surface area (Å²) in [5, 5.41) is 3.31. The van der Waals surface area contributed by atoms with E-state index in [0.717, 1.165) is 32.5 Å². The second-order valence-corrected chi connectivity index (χ2v) is 4.10. The summed E-state index contributed by atoms with van der Waals surface area (Å²) in [6.07, 6.45) is 2.14. The van der Waals surface area contributed by atoms with Crippen molar-refractivity contribution in [2.45, 2.75) is 32.7 Å². The highest BCUT2D eigenvalue weighted by atomic mass is 35.5. The number of nitrogens with one attached hydrogen (secondary N) is 1. The van der Waals surface area contributed by atoms with Gasteiger partial charge in [-0.1, -0.05) is 13.3 Å². The zero-order valence-electron chi connectivity index (χ0n) is 10.2. The molecule has 1 amide bonds. The number of ether oxygens (including phenoxy) is 1.